The van der Waals surface area contributed by atoms with Crippen molar-refractivity contribution in [1.82, 2.24) is 4.57 Å². The molecule has 1 aromatic heterocycles. The number of para-hydroxylation sites is 1. The Labute approximate surface area is 133 Å². The highest BCUT2D eigenvalue weighted by Crippen LogP contribution is 2.18. The van der Waals surface area contributed by atoms with Crippen LogP contribution in [0.5, 0.6) is 0 Å². The molecule has 0 atom stereocenters. The zero-order valence-corrected chi connectivity index (χ0v) is 12.1. The lowest BCUT2D eigenvalue weighted by atomic mass is 10.1. The van der Waals surface area contributed by atoms with E-state index in [0.717, 1.165) is 29.0 Å². The summed E-state index contributed by atoms with van der Waals surface area (Å²) in [6.45, 7) is -0.202. The Morgan fingerprint density at radius 2 is 1.75 bits per heavy atom. The average Bonchev–Trinajstić information content (AvgIpc) is 2.48. The second kappa shape index (κ2) is 5.84. The number of hydrogen-bond acceptors (Lipinski definition) is 2. The summed E-state index contributed by atoms with van der Waals surface area (Å²) in [5, 5.41) is 9.03. The number of aromatic carboxylic acids is 1. The van der Waals surface area contributed by atoms with Crippen molar-refractivity contribution < 1.29 is 23.1 Å². The van der Waals surface area contributed by atoms with Crippen LogP contribution in [0.3, 0.4) is 0 Å². The van der Waals surface area contributed by atoms with Crippen LogP contribution in [0.1, 0.15) is 15.9 Å². The van der Waals surface area contributed by atoms with Crippen molar-refractivity contribution in [2.45, 2.75) is 6.54 Å². The number of carboxylic acid groups (broad SMARTS) is 1. The first-order valence-electron chi connectivity index (χ1n) is 6.87. The molecule has 0 saturated carbocycles. The molecule has 24 heavy (non-hydrogen) atoms. The van der Waals surface area contributed by atoms with Crippen LogP contribution < -0.4 is 5.43 Å². The number of fused-ring (bicyclic) bond motifs is 1. The van der Waals surface area contributed by atoms with Crippen LogP contribution in [0.4, 0.5) is 13.2 Å². The van der Waals surface area contributed by atoms with Crippen molar-refractivity contribution in [1.29, 1.82) is 0 Å². The molecule has 2 aromatic carbocycles. The number of hydrogen-bond donors (Lipinski definition) is 1. The van der Waals surface area contributed by atoms with E-state index >= 15 is 0 Å². The second-order valence-electron chi connectivity index (χ2n) is 5.22. The van der Waals surface area contributed by atoms with Crippen molar-refractivity contribution in [3.8, 4) is 0 Å². The fourth-order valence-corrected chi connectivity index (χ4v) is 2.59. The molecule has 1 N–H and O–H groups in total. The summed E-state index contributed by atoms with van der Waals surface area (Å²) in [4.78, 5) is 23.4. The van der Waals surface area contributed by atoms with Gasteiger partial charge in [0.1, 0.15) is 23.0 Å². The summed E-state index contributed by atoms with van der Waals surface area (Å²) in [5.41, 5.74) is -1.34. The Balaban J connectivity index is 2.28. The highest BCUT2D eigenvalue weighted by atomic mass is 19.1. The van der Waals surface area contributed by atoms with Gasteiger partial charge in [-0.1, -0.05) is 6.07 Å². The van der Waals surface area contributed by atoms with Crippen molar-refractivity contribution in [2.24, 2.45) is 0 Å². The van der Waals surface area contributed by atoms with E-state index in [1.54, 1.807) is 0 Å². The van der Waals surface area contributed by atoms with E-state index in [-0.39, 0.29) is 23.0 Å². The molecule has 3 rings (SSSR count). The number of carboxylic acids is 1. The number of benzene rings is 2. The quantitative estimate of drug-likeness (QED) is 0.801. The number of pyridine rings is 1. The first-order chi connectivity index (χ1) is 11.4. The Hall–Kier alpha value is -3.09. The van der Waals surface area contributed by atoms with Gasteiger partial charge in [-0.3, -0.25) is 4.79 Å². The van der Waals surface area contributed by atoms with Crippen molar-refractivity contribution >= 4 is 16.9 Å². The summed E-state index contributed by atoms with van der Waals surface area (Å²) in [7, 11) is 0. The Morgan fingerprint density at radius 3 is 2.38 bits per heavy atom. The number of halogens is 3. The van der Waals surface area contributed by atoms with Gasteiger partial charge in [0.05, 0.1) is 5.52 Å². The highest BCUT2D eigenvalue weighted by Gasteiger charge is 2.17. The standard InChI is InChI=1S/C17H10F3NO3/c18-10-4-9(5-11(19)6-10)7-21-8-13(17(23)24)16(22)12-2-1-3-14(20)15(12)21/h1-6,8H,7H2,(H,23,24). The van der Waals surface area contributed by atoms with Crippen LogP contribution in [0.15, 0.2) is 47.4 Å². The molecule has 122 valence electrons. The fraction of sp³-hybridized carbons (Fsp3) is 0.0588. The summed E-state index contributed by atoms with van der Waals surface area (Å²) in [6, 6.07) is 6.50. The van der Waals surface area contributed by atoms with Gasteiger partial charge in [0, 0.05) is 24.2 Å². The molecule has 0 radical (unpaired) electrons. The first-order valence-corrected chi connectivity index (χ1v) is 6.87. The molecule has 3 aromatic rings. The predicted octanol–water partition coefficient (Wildman–Crippen LogP) is 3.17. The van der Waals surface area contributed by atoms with E-state index in [9.17, 15) is 22.8 Å². The molecule has 0 saturated heterocycles. The molecule has 0 aliphatic rings. The minimum absolute atomic E-state index is 0.119. The van der Waals surface area contributed by atoms with Gasteiger partial charge in [-0.2, -0.15) is 0 Å². The molecule has 0 unspecified atom stereocenters. The summed E-state index contributed by atoms with van der Waals surface area (Å²) >= 11 is 0. The van der Waals surface area contributed by atoms with Crippen LogP contribution in [0.2, 0.25) is 0 Å². The zero-order valence-electron chi connectivity index (χ0n) is 12.1. The third kappa shape index (κ3) is 2.76. The minimum Gasteiger partial charge on any atom is -0.477 e. The molecule has 0 fully saturated rings. The van der Waals surface area contributed by atoms with Gasteiger partial charge >= 0.3 is 5.97 Å². The third-order valence-electron chi connectivity index (χ3n) is 3.55. The van der Waals surface area contributed by atoms with E-state index in [0.29, 0.717) is 6.07 Å². The molecule has 7 heteroatoms. The molecule has 0 spiro atoms. The van der Waals surface area contributed by atoms with Gasteiger partial charge in [0.15, 0.2) is 0 Å². The number of aromatic nitrogens is 1. The Morgan fingerprint density at radius 1 is 1.08 bits per heavy atom. The maximum Gasteiger partial charge on any atom is 0.341 e. The molecular formula is C17H10F3NO3. The second-order valence-corrected chi connectivity index (χ2v) is 5.22. The monoisotopic (exact) mass is 333 g/mol. The van der Waals surface area contributed by atoms with E-state index in [2.05, 4.69) is 0 Å². The Bertz CT molecular complexity index is 1010. The zero-order chi connectivity index (χ0) is 17.4. The first kappa shape index (κ1) is 15.8. The molecule has 4 nitrogen and oxygen atoms in total. The predicted molar refractivity (Wildman–Crippen MR) is 80.6 cm³/mol. The number of carbonyl (C=O) groups is 1. The van der Waals surface area contributed by atoms with Crippen LogP contribution in [-0.4, -0.2) is 15.6 Å². The summed E-state index contributed by atoms with van der Waals surface area (Å²) in [6.07, 6.45) is 0.971. The van der Waals surface area contributed by atoms with Crippen LogP contribution in [0.25, 0.3) is 10.9 Å². The van der Waals surface area contributed by atoms with Gasteiger partial charge in [-0.15, -0.1) is 0 Å². The lowest BCUT2D eigenvalue weighted by molar-refractivity contribution is 0.0695. The average molecular weight is 333 g/mol. The molecule has 1 heterocycles. The lowest BCUT2D eigenvalue weighted by Crippen LogP contribution is -2.20. The highest BCUT2D eigenvalue weighted by molar-refractivity contribution is 5.92. The molecule has 0 amide bonds. The third-order valence-corrected chi connectivity index (χ3v) is 3.55. The van der Waals surface area contributed by atoms with E-state index in [1.165, 1.54) is 12.1 Å². The SMILES string of the molecule is O=C(O)c1cn(Cc2cc(F)cc(F)c2)c2c(F)cccc2c1=O. The largest absolute Gasteiger partial charge is 0.477 e. The van der Waals surface area contributed by atoms with Crippen LogP contribution in [-0.2, 0) is 6.54 Å². The van der Waals surface area contributed by atoms with Gasteiger partial charge in [-0.05, 0) is 29.8 Å². The number of rotatable bonds is 3. The topological polar surface area (TPSA) is 59.3 Å². The van der Waals surface area contributed by atoms with E-state index < -0.39 is 34.4 Å². The summed E-state index contributed by atoms with van der Waals surface area (Å²) in [5.74, 6) is -3.83. The fourth-order valence-electron chi connectivity index (χ4n) is 2.59. The van der Waals surface area contributed by atoms with Crippen molar-refractivity contribution in [2.75, 3.05) is 0 Å². The van der Waals surface area contributed by atoms with Crippen LogP contribution in [0, 0.1) is 17.5 Å². The van der Waals surface area contributed by atoms with Crippen molar-refractivity contribution in [3.63, 3.8) is 0 Å². The summed E-state index contributed by atoms with van der Waals surface area (Å²) < 4.78 is 42.0. The van der Waals surface area contributed by atoms with E-state index in [1.807, 2.05) is 0 Å². The molecule has 0 aliphatic heterocycles. The van der Waals surface area contributed by atoms with Gasteiger partial charge < -0.3 is 9.67 Å². The maximum atomic E-state index is 14.2. The minimum atomic E-state index is -1.47. The lowest BCUT2D eigenvalue weighted by Gasteiger charge is -2.13. The molecule has 0 aliphatic carbocycles. The van der Waals surface area contributed by atoms with Gasteiger partial charge in [0.25, 0.3) is 0 Å². The van der Waals surface area contributed by atoms with Gasteiger partial charge in [0.2, 0.25) is 5.43 Å². The maximum absolute atomic E-state index is 14.2. The van der Waals surface area contributed by atoms with Crippen LogP contribution >= 0.6 is 0 Å². The molecular weight excluding hydrogens is 323 g/mol. The molecule has 0 bridgehead atoms. The van der Waals surface area contributed by atoms with Crippen molar-refractivity contribution in [3.05, 3.63) is 81.4 Å². The Kier molecular flexibility index (Phi) is 3.84. The van der Waals surface area contributed by atoms with Gasteiger partial charge in [-0.25, -0.2) is 18.0 Å². The number of nitrogens with zero attached hydrogens (tertiary/aromatic N) is 1. The normalized spacial score (nSPS) is 11.0. The smallest absolute Gasteiger partial charge is 0.341 e. The van der Waals surface area contributed by atoms with E-state index in [4.69, 9.17) is 5.11 Å².